The van der Waals surface area contributed by atoms with E-state index in [1.54, 1.807) is 4.57 Å². The van der Waals surface area contributed by atoms with Crippen LogP contribution in [0.1, 0.15) is 16.7 Å². The van der Waals surface area contributed by atoms with E-state index >= 15 is 0 Å². The number of benzene rings is 2. The van der Waals surface area contributed by atoms with E-state index < -0.39 is 0 Å². The highest BCUT2D eigenvalue weighted by Gasteiger charge is 2.19. The maximum atomic E-state index is 13.4. The summed E-state index contributed by atoms with van der Waals surface area (Å²) in [7, 11) is 0. The fourth-order valence-electron chi connectivity index (χ4n) is 3.19. The molecule has 0 unspecified atom stereocenters. The lowest BCUT2D eigenvalue weighted by Crippen LogP contribution is -2.22. The van der Waals surface area contributed by atoms with Gasteiger partial charge in [-0.1, -0.05) is 47.4 Å². The third-order valence-electron chi connectivity index (χ3n) is 4.86. The fraction of sp³-hybridized carbons (Fsp3) is 0.190. The lowest BCUT2D eigenvalue weighted by Gasteiger charge is -2.13. The molecule has 4 aromatic rings. The fourth-order valence-corrected chi connectivity index (χ4v) is 5.04. The van der Waals surface area contributed by atoms with Crippen molar-refractivity contribution in [1.82, 2.24) is 14.1 Å². The van der Waals surface area contributed by atoms with Gasteiger partial charge in [-0.3, -0.25) is 13.9 Å². The van der Waals surface area contributed by atoms with Gasteiger partial charge < -0.3 is 0 Å². The second kappa shape index (κ2) is 7.31. The molecule has 4 nitrogen and oxygen atoms in total. The number of hydrogen-bond donors (Lipinski definition) is 0. The topological polar surface area (TPSA) is 39.8 Å². The van der Waals surface area contributed by atoms with Gasteiger partial charge in [-0.2, -0.15) is 0 Å². The molecule has 0 saturated carbocycles. The Morgan fingerprint density at radius 2 is 1.75 bits per heavy atom. The zero-order chi connectivity index (χ0) is 20.0. The predicted molar refractivity (Wildman–Crippen MR) is 121 cm³/mol. The molecule has 2 heterocycles. The highest BCUT2D eigenvalue weighted by Crippen LogP contribution is 2.28. The summed E-state index contributed by atoms with van der Waals surface area (Å²) in [6.07, 6.45) is 1.93. The molecule has 0 N–H and O–H groups in total. The number of thioether (sulfide) groups is 1. The first-order chi connectivity index (χ1) is 13.4. The first-order valence-corrected chi connectivity index (χ1v) is 11.2. The minimum atomic E-state index is -0.0812. The van der Waals surface area contributed by atoms with E-state index in [4.69, 9.17) is 17.2 Å². The summed E-state index contributed by atoms with van der Waals surface area (Å²) in [4.78, 5) is 18.3. The van der Waals surface area contributed by atoms with Gasteiger partial charge in [0.2, 0.25) is 0 Å². The van der Waals surface area contributed by atoms with Gasteiger partial charge in [0.05, 0.1) is 5.69 Å². The van der Waals surface area contributed by atoms with E-state index in [2.05, 4.69) is 26.0 Å². The molecule has 0 fully saturated rings. The predicted octanol–water partition coefficient (Wildman–Crippen LogP) is 5.61. The summed E-state index contributed by atoms with van der Waals surface area (Å²) in [5.41, 5.74) is 5.75. The first kappa shape index (κ1) is 19.1. The molecule has 0 atom stereocenters. The molecule has 0 aliphatic heterocycles. The molecule has 0 amide bonds. The van der Waals surface area contributed by atoms with Crippen LogP contribution in [0, 0.1) is 24.7 Å². The van der Waals surface area contributed by atoms with E-state index in [-0.39, 0.29) is 5.56 Å². The summed E-state index contributed by atoms with van der Waals surface area (Å²) in [6.45, 7) is 6.15. The van der Waals surface area contributed by atoms with Crippen LogP contribution in [0.15, 0.2) is 52.4 Å². The molecule has 28 heavy (non-hydrogen) atoms. The summed E-state index contributed by atoms with van der Waals surface area (Å²) >= 11 is 8.40. The van der Waals surface area contributed by atoms with E-state index in [1.807, 2.05) is 48.1 Å². The van der Waals surface area contributed by atoms with Crippen LogP contribution in [0.5, 0.6) is 0 Å². The Hall–Kier alpha value is -2.22. The summed E-state index contributed by atoms with van der Waals surface area (Å²) in [5.74, 6) is 0. The third kappa shape index (κ3) is 3.03. The quantitative estimate of drug-likeness (QED) is 0.243. The van der Waals surface area contributed by atoms with Gasteiger partial charge in [-0.05, 0) is 74.1 Å². The molecule has 2 aromatic carbocycles. The van der Waals surface area contributed by atoms with Gasteiger partial charge in [-0.15, -0.1) is 0 Å². The van der Waals surface area contributed by atoms with Crippen LogP contribution < -0.4 is 5.56 Å². The molecule has 142 valence electrons. The lowest BCUT2D eigenvalue weighted by molar-refractivity contribution is 0.808. The van der Waals surface area contributed by atoms with E-state index in [0.29, 0.717) is 19.5 Å². The molecule has 0 bridgehead atoms. The molecule has 0 radical (unpaired) electrons. The zero-order valence-electron chi connectivity index (χ0n) is 16.0. The second-order valence-electron chi connectivity index (χ2n) is 6.65. The Balaban J connectivity index is 2.08. The van der Waals surface area contributed by atoms with Crippen molar-refractivity contribution in [2.45, 2.75) is 25.9 Å². The molecule has 0 spiro atoms. The van der Waals surface area contributed by atoms with Crippen LogP contribution in [-0.2, 0) is 0 Å². The second-order valence-corrected chi connectivity index (χ2v) is 9.07. The molecule has 2 aromatic heterocycles. The Morgan fingerprint density at radius 1 is 1.00 bits per heavy atom. The number of aryl methyl sites for hydroxylation is 3. The zero-order valence-corrected chi connectivity index (χ0v) is 18.5. The smallest absolute Gasteiger partial charge is 0.275 e. The van der Waals surface area contributed by atoms with Crippen LogP contribution >= 0.6 is 35.3 Å². The number of thiazole rings is 1. The highest BCUT2D eigenvalue weighted by atomic mass is 32.2. The molecule has 4 rings (SSSR count). The molecular weight excluding hydrogens is 406 g/mol. The lowest BCUT2D eigenvalue weighted by atomic mass is 10.1. The summed E-state index contributed by atoms with van der Waals surface area (Å²) < 4.78 is 4.80. The molecular formula is C21H19N3OS3. The van der Waals surface area contributed by atoms with Crippen molar-refractivity contribution in [3.8, 4) is 11.4 Å². The highest BCUT2D eigenvalue weighted by molar-refractivity contribution is 7.98. The van der Waals surface area contributed by atoms with Gasteiger partial charge in [-0.25, -0.2) is 4.98 Å². The average Bonchev–Trinajstić information content (AvgIpc) is 3.01. The van der Waals surface area contributed by atoms with E-state index in [0.717, 1.165) is 16.9 Å². The standard InChI is InChI=1S/C21H19N3OS3/c1-12-9-10-15(11-14(12)3)23-18-17(28-21(23)26)19(25)24(20(22-18)27-4)16-8-6-5-7-13(16)2/h5-11H,1-4H3. The van der Waals surface area contributed by atoms with Crippen molar-refractivity contribution < 1.29 is 0 Å². The number of rotatable bonds is 3. The normalized spacial score (nSPS) is 11.3. The molecule has 7 heteroatoms. The minimum Gasteiger partial charge on any atom is -0.275 e. The summed E-state index contributed by atoms with van der Waals surface area (Å²) in [6, 6.07) is 14.0. The molecule has 0 aliphatic carbocycles. The Bertz CT molecular complexity index is 1330. The van der Waals surface area contributed by atoms with Crippen molar-refractivity contribution >= 4 is 45.7 Å². The van der Waals surface area contributed by atoms with Crippen LogP contribution in [0.3, 0.4) is 0 Å². The van der Waals surface area contributed by atoms with Gasteiger partial charge in [0.25, 0.3) is 5.56 Å². The van der Waals surface area contributed by atoms with Gasteiger partial charge in [0.15, 0.2) is 14.8 Å². The van der Waals surface area contributed by atoms with E-state index in [1.165, 1.54) is 34.2 Å². The van der Waals surface area contributed by atoms with Gasteiger partial charge in [0.1, 0.15) is 4.70 Å². The maximum absolute atomic E-state index is 13.4. The van der Waals surface area contributed by atoms with E-state index in [9.17, 15) is 4.79 Å². The SMILES string of the molecule is CSc1nc2c(sc(=S)n2-c2ccc(C)c(C)c2)c(=O)n1-c1ccccc1C. The maximum Gasteiger partial charge on any atom is 0.278 e. The van der Waals surface area contributed by atoms with Crippen LogP contribution in [0.4, 0.5) is 0 Å². The number of nitrogens with zero attached hydrogens (tertiary/aromatic N) is 3. The number of aromatic nitrogens is 3. The number of para-hydroxylation sites is 1. The first-order valence-electron chi connectivity index (χ1n) is 8.78. The summed E-state index contributed by atoms with van der Waals surface area (Å²) in [5, 5.41) is 0.650. The van der Waals surface area contributed by atoms with Crippen LogP contribution in [-0.4, -0.2) is 20.4 Å². The number of hydrogen-bond acceptors (Lipinski definition) is 5. The van der Waals surface area contributed by atoms with Gasteiger partial charge in [0, 0.05) is 5.69 Å². The average molecular weight is 426 g/mol. The monoisotopic (exact) mass is 425 g/mol. The molecule has 0 saturated heterocycles. The Morgan fingerprint density at radius 3 is 2.43 bits per heavy atom. The van der Waals surface area contributed by atoms with Crippen LogP contribution in [0.2, 0.25) is 0 Å². The number of fused-ring (bicyclic) bond motifs is 1. The Labute approximate surface area is 176 Å². The molecule has 0 aliphatic rings. The van der Waals surface area contributed by atoms with Crippen molar-refractivity contribution in [1.29, 1.82) is 0 Å². The van der Waals surface area contributed by atoms with Crippen molar-refractivity contribution in [3.05, 3.63) is 73.5 Å². The van der Waals surface area contributed by atoms with Crippen LogP contribution in [0.25, 0.3) is 21.7 Å². The third-order valence-corrected chi connectivity index (χ3v) is 6.85. The van der Waals surface area contributed by atoms with Crippen molar-refractivity contribution in [2.75, 3.05) is 6.26 Å². The minimum absolute atomic E-state index is 0.0812. The van der Waals surface area contributed by atoms with Crippen molar-refractivity contribution in [3.63, 3.8) is 0 Å². The largest absolute Gasteiger partial charge is 0.278 e. The van der Waals surface area contributed by atoms with Crippen molar-refractivity contribution in [2.24, 2.45) is 0 Å². The Kier molecular flexibility index (Phi) is 4.99. The van der Waals surface area contributed by atoms with Gasteiger partial charge >= 0.3 is 0 Å².